The van der Waals surface area contributed by atoms with Gasteiger partial charge < -0.3 is 39.4 Å². The molecule has 0 aromatic carbocycles. The lowest BCUT2D eigenvalue weighted by Crippen LogP contribution is -2.59. The quantitative estimate of drug-likeness (QED) is 0.0269. The van der Waals surface area contributed by atoms with Crippen LogP contribution in [0.1, 0.15) is 239 Å². The van der Waals surface area contributed by atoms with Gasteiger partial charge in [-0.25, -0.2) is 0 Å². The fourth-order valence-corrected chi connectivity index (χ4v) is 7.96. The predicted octanol–water partition coefficient (Wildman–Crippen LogP) is 12.0. The number of rotatable bonds is 44. The van der Waals surface area contributed by atoms with Gasteiger partial charge in [0.15, 0.2) is 6.29 Å². The van der Waals surface area contributed by atoms with Crippen molar-refractivity contribution < 1.29 is 44.2 Å². The largest absolute Gasteiger partial charge is 0.457 e. The summed E-state index contributed by atoms with van der Waals surface area (Å²) in [6.07, 6.45) is 41.0. The SMILES string of the molecule is CCCCCCCC/C=C\CCCCCCCCCCCCOCC(COC1OC(CO)C(O)C(O)C1O)OC(=O)CCCCCCCCCCCCCCCCCC. The summed E-state index contributed by atoms with van der Waals surface area (Å²) < 4.78 is 22.9. The third-order valence-corrected chi connectivity index (χ3v) is 11.9. The first-order valence-corrected chi connectivity index (χ1v) is 25.3. The van der Waals surface area contributed by atoms with Crippen LogP contribution < -0.4 is 0 Å². The van der Waals surface area contributed by atoms with Crippen molar-refractivity contribution in [2.45, 2.75) is 275 Å². The van der Waals surface area contributed by atoms with Gasteiger partial charge in [-0.2, -0.15) is 0 Å². The zero-order valence-electron chi connectivity index (χ0n) is 38.5. The number of hydrogen-bond donors (Lipinski definition) is 4. The van der Waals surface area contributed by atoms with Crippen LogP contribution in [0.5, 0.6) is 0 Å². The molecule has 0 spiro atoms. The van der Waals surface area contributed by atoms with Crippen LogP contribution in [0.15, 0.2) is 12.2 Å². The Morgan fingerprint density at radius 2 is 0.932 bits per heavy atom. The van der Waals surface area contributed by atoms with Gasteiger partial charge in [0, 0.05) is 13.0 Å². The first-order chi connectivity index (χ1) is 28.9. The number of unbranched alkanes of at least 4 members (excludes halogenated alkanes) is 31. The van der Waals surface area contributed by atoms with Gasteiger partial charge in [-0.05, 0) is 38.5 Å². The van der Waals surface area contributed by atoms with Gasteiger partial charge in [0.05, 0.1) is 19.8 Å². The Morgan fingerprint density at radius 3 is 1.37 bits per heavy atom. The highest BCUT2D eigenvalue weighted by Crippen LogP contribution is 2.23. The van der Waals surface area contributed by atoms with Crippen molar-refractivity contribution in [3.05, 3.63) is 12.2 Å². The number of carbonyl (C=O) groups excluding carboxylic acids is 1. The van der Waals surface area contributed by atoms with Crippen molar-refractivity contribution in [2.75, 3.05) is 26.4 Å². The average Bonchev–Trinajstić information content (AvgIpc) is 3.24. The molecule has 0 aliphatic carbocycles. The summed E-state index contributed by atoms with van der Waals surface area (Å²) in [5.74, 6) is -0.308. The zero-order chi connectivity index (χ0) is 42.9. The molecular weight excluding hydrogens is 745 g/mol. The molecule has 1 fully saturated rings. The smallest absolute Gasteiger partial charge is 0.306 e. The second-order valence-corrected chi connectivity index (χ2v) is 17.6. The molecule has 0 bridgehead atoms. The Kier molecular flexibility index (Phi) is 40.1. The number of esters is 1. The Bertz CT molecular complexity index is 915. The summed E-state index contributed by atoms with van der Waals surface area (Å²) in [5, 5.41) is 40.2. The van der Waals surface area contributed by atoms with Gasteiger partial charge in [-0.1, -0.05) is 206 Å². The molecule has 0 saturated carbocycles. The van der Waals surface area contributed by atoms with Crippen LogP contribution in [0.4, 0.5) is 0 Å². The molecule has 0 aromatic heterocycles. The summed E-state index contributed by atoms with van der Waals surface area (Å²) >= 11 is 0. The van der Waals surface area contributed by atoms with Crippen LogP contribution in [-0.2, 0) is 23.7 Å². The van der Waals surface area contributed by atoms with Crippen molar-refractivity contribution in [1.29, 1.82) is 0 Å². The molecule has 6 unspecified atom stereocenters. The maximum atomic E-state index is 12.8. The third kappa shape index (κ3) is 33.2. The first kappa shape index (κ1) is 55.9. The van der Waals surface area contributed by atoms with E-state index in [1.165, 1.54) is 186 Å². The first-order valence-electron chi connectivity index (χ1n) is 25.3. The highest BCUT2D eigenvalue weighted by molar-refractivity contribution is 5.69. The van der Waals surface area contributed by atoms with Crippen molar-refractivity contribution in [3.63, 3.8) is 0 Å². The fraction of sp³-hybridized carbons (Fsp3) is 0.940. The van der Waals surface area contributed by atoms with Crippen molar-refractivity contribution in [3.8, 4) is 0 Å². The molecule has 0 amide bonds. The van der Waals surface area contributed by atoms with E-state index in [1.807, 2.05) is 0 Å². The van der Waals surface area contributed by atoms with Crippen LogP contribution >= 0.6 is 0 Å². The molecular formula is C50H96O9. The molecule has 1 heterocycles. The third-order valence-electron chi connectivity index (χ3n) is 11.9. The molecule has 9 nitrogen and oxygen atoms in total. The fourth-order valence-electron chi connectivity index (χ4n) is 7.96. The van der Waals surface area contributed by atoms with Crippen LogP contribution in [0.25, 0.3) is 0 Å². The maximum absolute atomic E-state index is 12.8. The number of allylic oxidation sites excluding steroid dienone is 2. The standard InChI is InChI=1S/C50H96O9/c1-3-5-7-9-11-13-15-17-19-21-22-23-24-26-28-30-32-34-36-38-40-56-42-44(43-57-50-49(55)48(54)47(53)45(41-51)59-50)58-46(52)39-37-35-33-31-29-27-25-20-18-16-14-12-10-8-6-4-2/h17,19,44-45,47-51,53-55H,3-16,18,20-43H2,1-2H3/b19-17-. The number of aliphatic hydroxyl groups is 4. The Balaban J connectivity index is 2.19. The van der Waals surface area contributed by atoms with Crippen LogP contribution in [0.3, 0.4) is 0 Å². The molecule has 9 heteroatoms. The molecule has 1 rings (SSSR count). The second-order valence-electron chi connectivity index (χ2n) is 17.6. The normalized spacial score (nSPS) is 20.1. The summed E-state index contributed by atoms with van der Waals surface area (Å²) in [5.41, 5.74) is 0. The van der Waals surface area contributed by atoms with E-state index in [2.05, 4.69) is 26.0 Å². The molecule has 59 heavy (non-hydrogen) atoms. The molecule has 350 valence electrons. The monoisotopic (exact) mass is 841 g/mol. The van der Waals surface area contributed by atoms with Gasteiger partial charge in [-0.15, -0.1) is 0 Å². The van der Waals surface area contributed by atoms with E-state index in [9.17, 15) is 25.2 Å². The van der Waals surface area contributed by atoms with E-state index in [-0.39, 0.29) is 19.2 Å². The van der Waals surface area contributed by atoms with Gasteiger partial charge >= 0.3 is 5.97 Å². The summed E-state index contributed by atoms with van der Waals surface area (Å²) in [6.45, 7) is 4.60. The summed E-state index contributed by atoms with van der Waals surface area (Å²) in [4.78, 5) is 12.8. The van der Waals surface area contributed by atoms with Gasteiger partial charge in [-0.3, -0.25) is 4.79 Å². The van der Waals surface area contributed by atoms with E-state index in [1.54, 1.807) is 0 Å². The lowest BCUT2D eigenvalue weighted by molar-refractivity contribution is -0.305. The van der Waals surface area contributed by atoms with Crippen molar-refractivity contribution in [2.24, 2.45) is 0 Å². The van der Waals surface area contributed by atoms with E-state index in [4.69, 9.17) is 18.9 Å². The lowest BCUT2D eigenvalue weighted by Gasteiger charge is -2.39. The van der Waals surface area contributed by atoms with E-state index >= 15 is 0 Å². The van der Waals surface area contributed by atoms with E-state index in [0.29, 0.717) is 13.0 Å². The number of hydrogen-bond acceptors (Lipinski definition) is 9. The number of ether oxygens (including phenoxy) is 4. The minimum absolute atomic E-state index is 0.108. The van der Waals surface area contributed by atoms with Crippen molar-refractivity contribution in [1.82, 2.24) is 0 Å². The van der Waals surface area contributed by atoms with Crippen LogP contribution in [0.2, 0.25) is 0 Å². The number of aliphatic hydroxyl groups excluding tert-OH is 4. The molecule has 1 aliphatic heterocycles. The van der Waals surface area contributed by atoms with Crippen LogP contribution in [0, 0.1) is 0 Å². The number of carbonyl (C=O) groups is 1. The van der Waals surface area contributed by atoms with Crippen molar-refractivity contribution >= 4 is 5.97 Å². The van der Waals surface area contributed by atoms with E-state index in [0.717, 1.165) is 32.1 Å². The highest BCUT2D eigenvalue weighted by atomic mass is 16.7. The van der Waals surface area contributed by atoms with Gasteiger partial charge in [0.1, 0.15) is 30.5 Å². The molecule has 0 radical (unpaired) electrons. The minimum atomic E-state index is -1.53. The Labute approximate surface area is 363 Å². The second kappa shape index (κ2) is 42.2. The molecule has 4 N–H and O–H groups in total. The predicted molar refractivity (Wildman–Crippen MR) is 243 cm³/mol. The topological polar surface area (TPSA) is 135 Å². The highest BCUT2D eigenvalue weighted by Gasteiger charge is 2.44. The van der Waals surface area contributed by atoms with Gasteiger partial charge in [0.25, 0.3) is 0 Å². The lowest BCUT2D eigenvalue weighted by atomic mass is 9.99. The van der Waals surface area contributed by atoms with E-state index < -0.39 is 43.4 Å². The molecule has 1 saturated heterocycles. The Morgan fingerprint density at radius 1 is 0.525 bits per heavy atom. The van der Waals surface area contributed by atoms with Gasteiger partial charge in [0.2, 0.25) is 0 Å². The average molecular weight is 841 g/mol. The summed E-state index contributed by atoms with van der Waals surface area (Å²) in [6, 6.07) is 0. The molecule has 1 aliphatic rings. The zero-order valence-corrected chi connectivity index (χ0v) is 38.5. The summed E-state index contributed by atoms with van der Waals surface area (Å²) in [7, 11) is 0. The Hall–Kier alpha value is -1.07. The maximum Gasteiger partial charge on any atom is 0.306 e. The van der Waals surface area contributed by atoms with Crippen LogP contribution in [-0.4, -0.2) is 89.6 Å². The molecule has 0 aromatic rings. The minimum Gasteiger partial charge on any atom is -0.457 e. The molecule has 6 atom stereocenters.